The van der Waals surface area contributed by atoms with Crippen molar-refractivity contribution < 1.29 is 9.59 Å². The number of nitrogens with zero attached hydrogens (tertiary/aromatic N) is 2. The highest BCUT2D eigenvalue weighted by atomic mass is 16.2. The maximum absolute atomic E-state index is 13.2. The largest absolute Gasteiger partial charge is 0.272 e. The highest BCUT2D eigenvalue weighted by Crippen LogP contribution is 2.73. The van der Waals surface area contributed by atoms with E-state index in [-0.39, 0.29) is 40.9 Å². The van der Waals surface area contributed by atoms with Gasteiger partial charge < -0.3 is 0 Å². The molecule has 2 saturated carbocycles. The number of rotatable bonds is 2. The molecule has 3 aromatic carbocycles. The highest BCUT2D eigenvalue weighted by Gasteiger charge is 2.73. The molecule has 1 heterocycles. The SMILES string of the molecule is O=C1[C@@H]2[C@@H](C(=O)N1/N=C\c1c3ccccc3cc3ccccc13)[C@@H]1C=C[C@@H]2C12CC2. The molecule has 1 saturated heterocycles. The minimum Gasteiger partial charge on any atom is -0.272 e. The number of amides is 2. The van der Waals surface area contributed by atoms with Crippen molar-refractivity contribution in [3.8, 4) is 0 Å². The summed E-state index contributed by atoms with van der Waals surface area (Å²) < 4.78 is 0. The monoisotopic (exact) mass is 392 g/mol. The van der Waals surface area contributed by atoms with Crippen molar-refractivity contribution in [3.05, 3.63) is 72.3 Å². The summed E-state index contributed by atoms with van der Waals surface area (Å²) in [5.41, 5.74) is 1.16. The van der Waals surface area contributed by atoms with Crippen LogP contribution in [0.4, 0.5) is 0 Å². The summed E-state index contributed by atoms with van der Waals surface area (Å²) in [5, 5.41) is 10.0. The first-order chi connectivity index (χ1) is 14.7. The van der Waals surface area contributed by atoms with E-state index in [1.165, 1.54) is 0 Å². The fourth-order valence-electron chi connectivity index (χ4n) is 6.48. The predicted octanol–water partition coefficient (Wildman–Crippen LogP) is 4.52. The van der Waals surface area contributed by atoms with Gasteiger partial charge in [-0.15, -0.1) is 0 Å². The average molecular weight is 392 g/mol. The van der Waals surface area contributed by atoms with Gasteiger partial charge in [0.2, 0.25) is 0 Å². The van der Waals surface area contributed by atoms with Crippen LogP contribution in [-0.4, -0.2) is 23.0 Å². The molecular weight excluding hydrogens is 372 g/mol. The Hall–Kier alpha value is -3.27. The lowest BCUT2D eigenvalue weighted by molar-refractivity contribution is -0.141. The molecule has 30 heavy (non-hydrogen) atoms. The predicted molar refractivity (Wildman–Crippen MR) is 116 cm³/mol. The topological polar surface area (TPSA) is 49.7 Å². The summed E-state index contributed by atoms with van der Waals surface area (Å²) in [6.07, 6.45) is 8.39. The number of benzene rings is 3. The van der Waals surface area contributed by atoms with Crippen LogP contribution < -0.4 is 0 Å². The zero-order chi connectivity index (χ0) is 20.0. The first kappa shape index (κ1) is 16.5. The summed E-state index contributed by atoms with van der Waals surface area (Å²) >= 11 is 0. The molecule has 0 aromatic heterocycles. The van der Waals surface area contributed by atoms with Crippen LogP contribution in [0.15, 0.2) is 71.9 Å². The fourth-order valence-corrected chi connectivity index (χ4v) is 6.48. The lowest BCUT2D eigenvalue weighted by Crippen LogP contribution is -2.30. The smallest absolute Gasteiger partial charge is 0.254 e. The van der Waals surface area contributed by atoms with Crippen molar-refractivity contribution in [1.29, 1.82) is 0 Å². The highest BCUT2D eigenvalue weighted by molar-refractivity contribution is 6.14. The molecule has 4 atom stereocenters. The molecule has 3 aromatic rings. The van der Waals surface area contributed by atoms with E-state index in [4.69, 9.17) is 0 Å². The molecule has 0 radical (unpaired) electrons. The Balaban J connectivity index is 1.32. The van der Waals surface area contributed by atoms with Gasteiger partial charge in [0.05, 0.1) is 18.1 Å². The van der Waals surface area contributed by atoms with Gasteiger partial charge in [-0.3, -0.25) is 9.59 Å². The number of hydrogen-bond acceptors (Lipinski definition) is 3. The molecule has 1 spiro atoms. The Morgan fingerprint density at radius 2 is 1.37 bits per heavy atom. The average Bonchev–Trinajstić information content (AvgIpc) is 3.37. The van der Waals surface area contributed by atoms with Gasteiger partial charge in [-0.2, -0.15) is 10.1 Å². The van der Waals surface area contributed by atoms with E-state index in [0.717, 1.165) is 45.0 Å². The summed E-state index contributed by atoms with van der Waals surface area (Å²) in [6.45, 7) is 0. The van der Waals surface area contributed by atoms with E-state index in [0.29, 0.717) is 0 Å². The van der Waals surface area contributed by atoms with Crippen LogP contribution in [-0.2, 0) is 9.59 Å². The van der Waals surface area contributed by atoms with E-state index in [2.05, 4.69) is 47.6 Å². The molecule has 2 bridgehead atoms. The Morgan fingerprint density at radius 3 is 1.90 bits per heavy atom. The fraction of sp³-hybridized carbons (Fsp3) is 0.269. The van der Waals surface area contributed by atoms with Crippen molar-refractivity contribution in [1.82, 2.24) is 5.01 Å². The van der Waals surface area contributed by atoms with E-state index >= 15 is 0 Å². The number of fused-ring (bicyclic) bond motifs is 5. The number of carbonyl (C=O) groups is 2. The third-order valence-corrected chi connectivity index (χ3v) is 7.94. The van der Waals surface area contributed by atoms with Crippen LogP contribution in [0.25, 0.3) is 21.5 Å². The van der Waals surface area contributed by atoms with Crippen molar-refractivity contribution in [2.24, 2.45) is 34.2 Å². The third kappa shape index (κ3) is 1.89. The third-order valence-electron chi connectivity index (χ3n) is 7.94. The molecule has 3 fully saturated rings. The first-order valence-corrected chi connectivity index (χ1v) is 10.7. The van der Waals surface area contributed by atoms with E-state index in [1.807, 2.05) is 24.3 Å². The van der Waals surface area contributed by atoms with Crippen LogP contribution in [0, 0.1) is 29.1 Å². The van der Waals surface area contributed by atoms with Gasteiger partial charge in [-0.1, -0.05) is 60.7 Å². The second-order valence-electron chi connectivity index (χ2n) is 9.19. The minimum absolute atomic E-state index is 0.117. The number of imide groups is 1. The van der Waals surface area contributed by atoms with Gasteiger partial charge in [-0.05, 0) is 57.7 Å². The lowest BCUT2D eigenvalue weighted by atomic mass is 9.85. The van der Waals surface area contributed by atoms with E-state index < -0.39 is 0 Å². The molecular formula is C26H20N2O2. The number of hydrogen-bond donors (Lipinski definition) is 0. The quantitative estimate of drug-likeness (QED) is 0.279. The van der Waals surface area contributed by atoms with Gasteiger partial charge in [0.15, 0.2) is 0 Å². The zero-order valence-electron chi connectivity index (χ0n) is 16.4. The Kier molecular flexibility index (Phi) is 3.00. The summed E-state index contributed by atoms with van der Waals surface area (Å²) in [5.74, 6) is -0.208. The Morgan fingerprint density at radius 1 is 0.833 bits per heavy atom. The Labute approximate surface area is 173 Å². The van der Waals surface area contributed by atoms with Crippen molar-refractivity contribution >= 4 is 39.6 Å². The molecule has 146 valence electrons. The summed E-state index contributed by atoms with van der Waals surface area (Å²) in [7, 11) is 0. The van der Waals surface area contributed by atoms with Crippen molar-refractivity contribution in [3.63, 3.8) is 0 Å². The van der Waals surface area contributed by atoms with Gasteiger partial charge >= 0.3 is 0 Å². The van der Waals surface area contributed by atoms with Gasteiger partial charge in [0.25, 0.3) is 11.8 Å². The second-order valence-corrected chi connectivity index (χ2v) is 9.19. The molecule has 4 aliphatic rings. The van der Waals surface area contributed by atoms with Gasteiger partial charge in [-0.25, -0.2) is 0 Å². The molecule has 2 amide bonds. The number of carbonyl (C=O) groups excluding carboxylic acids is 2. The maximum Gasteiger partial charge on any atom is 0.254 e. The van der Waals surface area contributed by atoms with E-state index in [1.54, 1.807) is 6.21 Å². The zero-order valence-corrected chi connectivity index (χ0v) is 16.4. The summed E-state index contributed by atoms with van der Waals surface area (Å²) in [4.78, 5) is 26.4. The molecule has 0 N–H and O–H groups in total. The maximum atomic E-state index is 13.2. The molecule has 0 unspecified atom stereocenters. The van der Waals surface area contributed by atoms with Gasteiger partial charge in [0, 0.05) is 5.56 Å². The van der Waals surface area contributed by atoms with E-state index in [9.17, 15) is 9.59 Å². The van der Waals surface area contributed by atoms with Gasteiger partial charge in [0.1, 0.15) is 0 Å². The molecule has 3 aliphatic carbocycles. The van der Waals surface area contributed by atoms with Crippen LogP contribution in [0.3, 0.4) is 0 Å². The molecule has 7 rings (SSSR count). The summed E-state index contributed by atoms with van der Waals surface area (Å²) in [6, 6.07) is 18.5. The van der Waals surface area contributed by atoms with Crippen molar-refractivity contribution in [2.45, 2.75) is 12.8 Å². The molecule has 4 heteroatoms. The standard InChI is InChI=1S/C26H20N2O2/c29-24-22-20-9-10-21(26(20)11-12-26)23(22)25(30)28(24)27-14-19-17-7-3-1-5-15(17)13-16-6-2-4-8-18(16)19/h1-10,13-14,20-23H,11-12H2/b27-14-/t20-,21-,22-,23-/m0/s1. The molecule has 4 nitrogen and oxygen atoms in total. The number of allylic oxidation sites excluding steroid dienone is 2. The normalized spacial score (nSPS) is 30.5. The van der Waals surface area contributed by atoms with Crippen molar-refractivity contribution in [2.75, 3.05) is 0 Å². The van der Waals surface area contributed by atoms with Crippen LogP contribution in [0.2, 0.25) is 0 Å². The minimum atomic E-state index is -0.212. The second kappa shape index (κ2) is 5.45. The molecule has 1 aliphatic heterocycles. The van der Waals surface area contributed by atoms with Crippen LogP contribution >= 0.6 is 0 Å². The lowest BCUT2D eigenvalue weighted by Gasteiger charge is -2.18. The van der Waals surface area contributed by atoms with Crippen LogP contribution in [0.1, 0.15) is 18.4 Å². The van der Waals surface area contributed by atoms with Crippen LogP contribution in [0.5, 0.6) is 0 Å². The first-order valence-electron chi connectivity index (χ1n) is 10.7. The number of hydrazone groups is 1. The Bertz CT molecular complexity index is 1250.